The van der Waals surface area contributed by atoms with Gasteiger partial charge in [0.1, 0.15) is 4.32 Å². The Morgan fingerprint density at radius 1 is 1.33 bits per heavy atom. The van der Waals surface area contributed by atoms with E-state index in [4.69, 9.17) is 17.0 Å². The van der Waals surface area contributed by atoms with Gasteiger partial charge in [-0.05, 0) is 43.5 Å². The van der Waals surface area contributed by atoms with Gasteiger partial charge in [-0.2, -0.15) is 0 Å². The molecule has 0 aromatic carbocycles. The van der Waals surface area contributed by atoms with Crippen molar-refractivity contribution >= 4 is 46.3 Å². The van der Waals surface area contributed by atoms with Gasteiger partial charge in [0.25, 0.3) is 5.91 Å². The lowest BCUT2D eigenvalue weighted by atomic mass is 10.2. The first-order chi connectivity index (χ1) is 11.6. The summed E-state index contributed by atoms with van der Waals surface area (Å²) in [7, 11) is 0. The van der Waals surface area contributed by atoms with Crippen molar-refractivity contribution in [2.24, 2.45) is 0 Å². The van der Waals surface area contributed by atoms with E-state index in [1.165, 1.54) is 11.8 Å². The minimum atomic E-state index is -0.164. The number of pyridine rings is 1. The number of esters is 1. The highest BCUT2D eigenvalue weighted by Gasteiger charge is 2.31. The highest BCUT2D eigenvalue weighted by atomic mass is 32.2. The summed E-state index contributed by atoms with van der Waals surface area (Å²) in [6.45, 7) is 2.80. The van der Waals surface area contributed by atoms with Gasteiger partial charge in [-0.15, -0.1) is 0 Å². The molecule has 2 heterocycles. The smallest absolute Gasteiger partial charge is 0.305 e. The highest BCUT2D eigenvalue weighted by molar-refractivity contribution is 8.26. The molecule has 128 valence electrons. The highest BCUT2D eigenvalue weighted by Crippen LogP contribution is 2.32. The second-order valence-electron chi connectivity index (χ2n) is 5.23. The average Bonchev–Trinajstić information content (AvgIpc) is 2.83. The summed E-state index contributed by atoms with van der Waals surface area (Å²) in [4.78, 5) is 29.9. The monoisotopic (exact) mass is 364 g/mol. The minimum Gasteiger partial charge on any atom is -0.466 e. The lowest BCUT2D eigenvalue weighted by molar-refractivity contribution is -0.143. The van der Waals surface area contributed by atoms with Crippen LogP contribution in [0.2, 0.25) is 0 Å². The van der Waals surface area contributed by atoms with Crippen molar-refractivity contribution < 1.29 is 14.3 Å². The molecule has 0 spiro atoms. The summed E-state index contributed by atoms with van der Waals surface area (Å²) in [6.07, 6.45) is 8.08. The summed E-state index contributed by atoms with van der Waals surface area (Å²) >= 11 is 6.63. The topological polar surface area (TPSA) is 59.5 Å². The van der Waals surface area contributed by atoms with Crippen LogP contribution in [0.4, 0.5) is 0 Å². The Bertz CT molecular complexity index is 632. The fourth-order valence-corrected chi connectivity index (χ4v) is 3.56. The van der Waals surface area contributed by atoms with Crippen LogP contribution in [0.3, 0.4) is 0 Å². The number of carbonyl (C=O) groups is 2. The number of nitrogens with zero attached hydrogens (tertiary/aromatic N) is 2. The number of carbonyl (C=O) groups excluding carboxylic acids is 2. The van der Waals surface area contributed by atoms with Crippen molar-refractivity contribution in [3.63, 3.8) is 0 Å². The van der Waals surface area contributed by atoms with Crippen molar-refractivity contribution in [1.82, 2.24) is 9.88 Å². The summed E-state index contributed by atoms with van der Waals surface area (Å²) in [6, 6.07) is 3.70. The third kappa shape index (κ3) is 5.42. The van der Waals surface area contributed by atoms with Crippen LogP contribution in [-0.2, 0) is 14.3 Å². The van der Waals surface area contributed by atoms with E-state index in [1.807, 2.05) is 18.2 Å². The summed E-state index contributed by atoms with van der Waals surface area (Å²) in [5.74, 6) is -0.212. The number of unbranched alkanes of at least 4 members (excludes halogenated alkanes) is 2. The van der Waals surface area contributed by atoms with Gasteiger partial charge < -0.3 is 4.74 Å². The Labute approximate surface area is 151 Å². The Morgan fingerprint density at radius 3 is 2.79 bits per heavy atom. The Kier molecular flexibility index (Phi) is 7.39. The SMILES string of the molecule is CCOC(=O)CCCCCN1C(=O)/C(=C\c2ccncc2)SC1=S. The maximum absolute atomic E-state index is 12.4. The molecule has 0 radical (unpaired) electrons. The number of thiocarbonyl (C=S) groups is 1. The molecule has 1 saturated heterocycles. The molecule has 24 heavy (non-hydrogen) atoms. The van der Waals surface area contributed by atoms with E-state index in [0.717, 1.165) is 24.8 Å². The van der Waals surface area contributed by atoms with Gasteiger partial charge in [0.05, 0.1) is 11.5 Å². The predicted octanol–water partition coefficient (Wildman–Crippen LogP) is 3.41. The van der Waals surface area contributed by atoms with E-state index < -0.39 is 0 Å². The van der Waals surface area contributed by atoms with Crippen LogP contribution in [0.25, 0.3) is 6.08 Å². The molecule has 0 unspecified atom stereocenters. The van der Waals surface area contributed by atoms with Crippen LogP contribution < -0.4 is 0 Å². The van der Waals surface area contributed by atoms with Gasteiger partial charge in [0.15, 0.2) is 0 Å². The quantitative estimate of drug-likeness (QED) is 0.305. The molecule has 1 aromatic rings. The Balaban J connectivity index is 1.80. The zero-order chi connectivity index (χ0) is 17.4. The van der Waals surface area contributed by atoms with Crippen molar-refractivity contribution in [2.45, 2.75) is 32.6 Å². The molecule has 0 bridgehead atoms. The van der Waals surface area contributed by atoms with Crippen LogP contribution in [0.1, 0.15) is 38.2 Å². The molecule has 7 heteroatoms. The predicted molar refractivity (Wildman–Crippen MR) is 99.2 cm³/mol. The number of amides is 1. The summed E-state index contributed by atoms with van der Waals surface area (Å²) in [5.41, 5.74) is 0.930. The van der Waals surface area contributed by atoms with Crippen molar-refractivity contribution in [1.29, 1.82) is 0 Å². The molecular formula is C17H20N2O3S2. The zero-order valence-corrected chi connectivity index (χ0v) is 15.2. The molecule has 0 saturated carbocycles. The van der Waals surface area contributed by atoms with E-state index in [0.29, 0.717) is 28.8 Å². The maximum atomic E-state index is 12.4. The van der Waals surface area contributed by atoms with Gasteiger partial charge in [-0.1, -0.05) is 30.4 Å². The molecule has 1 fully saturated rings. The third-order valence-electron chi connectivity index (χ3n) is 3.45. The normalized spacial score (nSPS) is 16.0. The van der Waals surface area contributed by atoms with E-state index in [1.54, 1.807) is 24.2 Å². The Hall–Kier alpha value is -1.73. The van der Waals surface area contributed by atoms with Gasteiger partial charge in [0, 0.05) is 25.4 Å². The summed E-state index contributed by atoms with van der Waals surface area (Å²) in [5, 5.41) is 0. The molecule has 2 rings (SSSR count). The first-order valence-corrected chi connectivity index (χ1v) is 9.15. The Morgan fingerprint density at radius 2 is 2.08 bits per heavy atom. The zero-order valence-electron chi connectivity index (χ0n) is 13.6. The number of thioether (sulfide) groups is 1. The number of aromatic nitrogens is 1. The second-order valence-corrected chi connectivity index (χ2v) is 6.91. The fourth-order valence-electron chi connectivity index (χ4n) is 2.25. The number of ether oxygens (including phenoxy) is 1. The molecule has 1 aliphatic heterocycles. The van der Waals surface area contributed by atoms with Crippen LogP contribution in [-0.4, -0.2) is 39.2 Å². The van der Waals surface area contributed by atoms with Gasteiger partial charge in [0.2, 0.25) is 0 Å². The number of rotatable bonds is 8. The van der Waals surface area contributed by atoms with Crippen molar-refractivity contribution in [3.05, 3.63) is 35.0 Å². The van der Waals surface area contributed by atoms with Gasteiger partial charge in [-0.25, -0.2) is 0 Å². The molecule has 0 aliphatic carbocycles. The van der Waals surface area contributed by atoms with E-state index in [9.17, 15) is 9.59 Å². The first kappa shape index (κ1) is 18.6. The third-order valence-corrected chi connectivity index (χ3v) is 4.82. The van der Waals surface area contributed by atoms with Gasteiger partial charge in [-0.3, -0.25) is 19.5 Å². The van der Waals surface area contributed by atoms with E-state index in [2.05, 4.69) is 4.98 Å². The number of hydrogen-bond donors (Lipinski definition) is 0. The standard InChI is InChI=1S/C17H20N2O3S2/c1-2-22-15(20)6-4-3-5-11-19-16(21)14(24-17(19)23)12-13-7-9-18-10-8-13/h7-10,12H,2-6,11H2,1H3/b14-12+. The van der Waals surface area contributed by atoms with Crippen LogP contribution >= 0.6 is 24.0 Å². The van der Waals surface area contributed by atoms with Crippen LogP contribution in [0, 0.1) is 0 Å². The molecule has 5 nitrogen and oxygen atoms in total. The molecule has 0 atom stereocenters. The lowest BCUT2D eigenvalue weighted by Gasteiger charge is -2.13. The molecule has 1 aromatic heterocycles. The molecule has 0 N–H and O–H groups in total. The molecule has 1 amide bonds. The van der Waals surface area contributed by atoms with Crippen molar-refractivity contribution in [3.8, 4) is 0 Å². The molecular weight excluding hydrogens is 344 g/mol. The fraction of sp³-hybridized carbons (Fsp3) is 0.412. The second kappa shape index (κ2) is 9.54. The first-order valence-electron chi connectivity index (χ1n) is 7.93. The average molecular weight is 364 g/mol. The minimum absolute atomic E-state index is 0.0489. The maximum Gasteiger partial charge on any atom is 0.305 e. The largest absolute Gasteiger partial charge is 0.466 e. The lowest BCUT2D eigenvalue weighted by Crippen LogP contribution is -2.29. The van der Waals surface area contributed by atoms with Crippen LogP contribution in [0.5, 0.6) is 0 Å². The molecule has 1 aliphatic rings. The van der Waals surface area contributed by atoms with Gasteiger partial charge >= 0.3 is 5.97 Å². The summed E-state index contributed by atoms with van der Waals surface area (Å²) < 4.78 is 5.48. The van der Waals surface area contributed by atoms with E-state index >= 15 is 0 Å². The van der Waals surface area contributed by atoms with E-state index in [-0.39, 0.29) is 11.9 Å². The number of hydrogen-bond acceptors (Lipinski definition) is 6. The van der Waals surface area contributed by atoms with Crippen LogP contribution in [0.15, 0.2) is 29.4 Å². The van der Waals surface area contributed by atoms with Crippen molar-refractivity contribution in [2.75, 3.05) is 13.2 Å².